The number of nitriles is 1. The van der Waals surface area contributed by atoms with E-state index < -0.39 is 0 Å². The highest BCUT2D eigenvalue weighted by Gasteiger charge is 2.31. The molecule has 6 heteroatoms. The highest BCUT2D eigenvalue weighted by Crippen LogP contribution is 2.32. The molecule has 0 spiro atoms. The van der Waals surface area contributed by atoms with E-state index in [1.54, 1.807) is 36.6 Å². The van der Waals surface area contributed by atoms with Gasteiger partial charge in [0.05, 0.1) is 22.8 Å². The van der Waals surface area contributed by atoms with Crippen LogP contribution in [-0.4, -0.2) is 21.5 Å². The Morgan fingerprint density at radius 3 is 2.46 bits per heavy atom. The van der Waals surface area contributed by atoms with E-state index in [4.69, 9.17) is 17.5 Å². The number of amides is 1. The average molecular weight is 349 g/mol. The van der Waals surface area contributed by atoms with E-state index in [-0.39, 0.29) is 5.91 Å². The number of hydrogen-bond donors (Lipinski definition) is 0. The Labute approximate surface area is 149 Å². The van der Waals surface area contributed by atoms with E-state index in [1.165, 1.54) is 16.8 Å². The summed E-state index contributed by atoms with van der Waals surface area (Å²) >= 11 is 6.45. The van der Waals surface area contributed by atoms with Crippen LogP contribution in [0.2, 0.25) is 0 Å². The summed E-state index contributed by atoms with van der Waals surface area (Å²) in [7, 11) is 0. The summed E-state index contributed by atoms with van der Waals surface area (Å²) in [5.41, 5.74) is 2.30. The Morgan fingerprint density at radius 2 is 1.79 bits per heavy atom. The fourth-order valence-electron chi connectivity index (χ4n) is 2.03. The van der Waals surface area contributed by atoms with Gasteiger partial charge in [-0.05, 0) is 41.6 Å². The van der Waals surface area contributed by atoms with Crippen LogP contribution in [-0.2, 0) is 4.79 Å². The summed E-state index contributed by atoms with van der Waals surface area (Å²) in [5, 5.41) is 14.2. The molecule has 1 amide bonds. The van der Waals surface area contributed by atoms with Gasteiger partial charge in [-0.3, -0.25) is 4.79 Å². The molecule has 1 aliphatic heterocycles. The van der Waals surface area contributed by atoms with Crippen molar-refractivity contribution in [1.29, 1.82) is 5.26 Å². The molecule has 1 saturated heterocycles. The predicted molar refractivity (Wildman–Crippen MR) is 100 cm³/mol. The summed E-state index contributed by atoms with van der Waals surface area (Å²) < 4.78 is 0.395. The molecule has 4 nitrogen and oxygen atoms in total. The SMILES string of the molecule is N#Cc1ccc(/C=C2/SC(=S)N(/N=C/c3ccccc3)C2=O)cc1. The number of benzene rings is 2. The molecule has 0 atom stereocenters. The molecule has 1 heterocycles. The third-order valence-corrected chi connectivity index (χ3v) is 4.52. The molecule has 116 valence electrons. The van der Waals surface area contributed by atoms with Crippen LogP contribution in [0.3, 0.4) is 0 Å². The summed E-state index contributed by atoms with van der Waals surface area (Å²) in [4.78, 5) is 13.0. The number of hydrogen-bond acceptors (Lipinski definition) is 5. The second-order valence-corrected chi connectivity index (χ2v) is 6.56. The first-order valence-corrected chi connectivity index (χ1v) is 8.27. The third-order valence-electron chi connectivity index (χ3n) is 3.23. The van der Waals surface area contributed by atoms with Crippen LogP contribution in [0, 0.1) is 11.3 Å². The minimum Gasteiger partial charge on any atom is -0.266 e. The lowest BCUT2D eigenvalue weighted by Gasteiger charge is -2.05. The van der Waals surface area contributed by atoms with Crippen molar-refractivity contribution in [3.63, 3.8) is 0 Å². The zero-order valence-corrected chi connectivity index (χ0v) is 14.1. The van der Waals surface area contributed by atoms with Gasteiger partial charge < -0.3 is 0 Å². The van der Waals surface area contributed by atoms with Gasteiger partial charge in [0.2, 0.25) is 0 Å². The lowest BCUT2D eigenvalue weighted by Crippen LogP contribution is -2.22. The number of thioether (sulfide) groups is 1. The van der Waals surface area contributed by atoms with Crippen LogP contribution in [0.1, 0.15) is 16.7 Å². The molecule has 1 aliphatic rings. The van der Waals surface area contributed by atoms with Crippen molar-refractivity contribution in [2.45, 2.75) is 0 Å². The van der Waals surface area contributed by atoms with E-state index >= 15 is 0 Å². The minimum absolute atomic E-state index is 0.249. The molecule has 1 fully saturated rings. The van der Waals surface area contributed by atoms with Gasteiger partial charge in [-0.2, -0.15) is 15.4 Å². The van der Waals surface area contributed by atoms with Crippen LogP contribution in [0.25, 0.3) is 6.08 Å². The van der Waals surface area contributed by atoms with Crippen LogP contribution < -0.4 is 0 Å². The van der Waals surface area contributed by atoms with E-state index in [0.29, 0.717) is 14.8 Å². The molecule has 0 aromatic heterocycles. The predicted octanol–water partition coefficient (Wildman–Crippen LogP) is 3.79. The maximum absolute atomic E-state index is 12.4. The van der Waals surface area contributed by atoms with Crippen LogP contribution in [0.5, 0.6) is 0 Å². The van der Waals surface area contributed by atoms with Crippen molar-refractivity contribution in [1.82, 2.24) is 5.01 Å². The summed E-state index contributed by atoms with van der Waals surface area (Å²) in [6.45, 7) is 0. The molecular formula is C18H11N3OS2. The van der Waals surface area contributed by atoms with Crippen LogP contribution in [0.15, 0.2) is 64.6 Å². The zero-order chi connectivity index (χ0) is 16.9. The first-order valence-electron chi connectivity index (χ1n) is 7.04. The number of carbonyl (C=O) groups excluding carboxylic acids is 1. The highest BCUT2D eigenvalue weighted by molar-refractivity contribution is 8.26. The van der Waals surface area contributed by atoms with E-state index in [1.807, 2.05) is 30.3 Å². The Hall–Kier alpha value is -2.75. The molecular weight excluding hydrogens is 338 g/mol. The first kappa shape index (κ1) is 16.1. The molecule has 0 unspecified atom stereocenters. The molecule has 0 bridgehead atoms. The Bertz CT molecular complexity index is 881. The van der Waals surface area contributed by atoms with Gasteiger partial charge in [0.15, 0.2) is 4.32 Å². The van der Waals surface area contributed by atoms with E-state index in [2.05, 4.69) is 11.2 Å². The largest absolute Gasteiger partial charge is 0.286 e. The summed E-state index contributed by atoms with van der Waals surface area (Å²) in [6.07, 6.45) is 3.36. The Balaban J connectivity index is 1.79. The van der Waals surface area contributed by atoms with Crippen LogP contribution >= 0.6 is 24.0 Å². The van der Waals surface area contributed by atoms with E-state index in [9.17, 15) is 4.79 Å². The van der Waals surface area contributed by atoms with Crippen molar-refractivity contribution in [3.05, 3.63) is 76.2 Å². The Kier molecular flexibility index (Phi) is 4.85. The summed E-state index contributed by atoms with van der Waals surface area (Å²) in [5.74, 6) is -0.249. The molecule has 24 heavy (non-hydrogen) atoms. The molecule has 2 aromatic rings. The molecule has 0 aliphatic carbocycles. The second-order valence-electron chi connectivity index (χ2n) is 4.88. The Morgan fingerprint density at radius 1 is 1.08 bits per heavy atom. The number of hydrazone groups is 1. The summed E-state index contributed by atoms with van der Waals surface area (Å²) in [6, 6.07) is 18.6. The fraction of sp³-hybridized carbons (Fsp3) is 0. The third kappa shape index (κ3) is 3.59. The smallest absolute Gasteiger partial charge is 0.266 e. The van der Waals surface area contributed by atoms with Crippen molar-refractivity contribution in [2.24, 2.45) is 5.10 Å². The second kappa shape index (κ2) is 7.21. The van der Waals surface area contributed by atoms with Gasteiger partial charge in [-0.15, -0.1) is 0 Å². The van der Waals surface area contributed by atoms with Crippen molar-refractivity contribution >= 4 is 46.5 Å². The standard InChI is InChI=1S/C18H11N3OS2/c19-11-14-8-6-13(7-9-14)10-16-17(22)21(18(23)24-16)20-12-15-4-2-1-3-5-15/h1-10,12H/b16-10+,20-12+. The normalized spacial score (nSPS) is 16.1. The number of thiocarbonyl (C=S) groups is 1. The number of nitrogens with zero attached hydrogens (tertiary/aromatic N) is 3. The average Bonchev–Trinajstić information content (AvgIpc) is 2.88. The first-order chi connectivity index (χ1) is 11.7. The molecule has 0 N–H and O–H groups in total. The highest BCUT2D eigenvalue weighted by atomic mass is 32.2. The maximum atomic E-state index is 12.4. The fourth-order valence-corrected chi connectivity index (χ4v) is 3.20. The molecule has 0 radical (unpaired) electrons. The quantitative estimate of drug-likeness (QED) is 0.480. The topological polar surface area (TPSA) is 56.5 Å². The monoisotopic (exact) mass is 349 g/mol. The maximum Gasteiger partial charge on any atom is 0.286 e. The van der Waals surface area contributed by atoms with Gasteiger partial charge in [0, 0.05) is 0 Å². The lowest BCUT2D eigenvalue weighted by atomic mass is 10.1. The van der Waals surface area contributed by atoms with Gasteiger partial charge in [-0.1, -0.05) is 54.2 Å². The molecule has 3 rings (SSSR count). The molecule has 0 saturated carbocycles. The van der Waals surface area contributed by atoms with E-state index in [0.717, 1.165) is 11.1 Å². The van der Waals surface area contributed by atoms with Crippen molar-refractivity contribution in [2.75, 3.05) is 0 Å². The van der Waals surface area contributed by atoms with Crippen LogP contribution in [0.4, 0.5) is 0 Å². The van der Waals surface area contributed by atoms with Gasteiger partial charge in [0.25, 0.3) is 5.91 Å². The van der Waals surface area contributed by atoms with Gasteiger partial charge >= 0.3 is 0 Å². The molecule has 2 aromatic carbocycles. The van der Waals surface area contributed by atoms with Crippen molar-refractivity contribution < 1.29 is 4.79 Å². The van der Waals surface area contributed by atoms with Gasteiger partial charge in [0.1, 0.15) is 0 Å². The van der Waals surface area contributed by atoms with Gasteiger partial charge in [-0.25, -0.2) is 0 Å². The lowest BCUT2D eigenvalue weighted by molar-refractivity contribution is -0.122. The number of carbonyl (C=O) groups is 1. The number of rotatable bonds is 3. The zero-order valence-electron chi connectivity index (χ0n) is 12.4. The minimum atomic E-state index is -0.249. The van der Waals surface area contributed by atoms with Crippen molar-refractivity contribution in [3.8, 4) is 6.07 Å².